The molecule has 0 unspecified atom stereocenters. The second-order valence-corrected chi connectivity index (χ2v) is 4.22. The highest BCUT2D eigenvalue weighted by Gasteiger charge is 2.17. The number of aliphatic hydroxyl groups excluding tert-OH is 1. The molecule has 1 amide bonds. The zero-order chi connectivity index (χ0) is 14.2. The predicted octanol–water partition coefficient (Wildman–Crippen LogP) is -0.207. The van der Waals surface area contributed by atoms with Crippen LogP contribution in [0.2, 0.25) is 0 Å². The van der Waals surface area contributed by atoms with E-state index in [9.17, 15) is 4.79 Å². The number of pyridine rings is 1. The Morgan fingerprint density at radius 2 is 2.30 bits per heavy atom. The second-order valence-electron chi connectivity index (χ2n) is 4.22. The summed E-state index contributed by atoms with van der Waals surface area (Å²) in [5.74, 6) is 5.38. The molecule has 20 heavy (non-hydrogen) atoms. The summed E-state index contributed by atoms with van der Waals surface area (Å²) in [4.78, 5) is 16.3. The fourth-order valence-electron chi connectivity index (χ4n) is 1.77. The average Bonchev–Trinajstić information content (AvgIpc) is 2.49. The van der Waals surface area contributed by atoms with Gasteiger partial charge in [0.2, 0.25) is 0 Å². The van der Waals surface area contributed by atoms with Crippen molar-refractivity contribution < 1.29 is 14.6 Å². The molecule has 1 saturated heterocycles. The van der Waals surface area contributed by atoms with Crippen molar-refractivity contribution in [1.82, 2.24) is 15.4 Å². The number of carbonyl (C=O) groups excluding carboxylic acids is 1. The van der Waals surface area contributed by atoms with Crippen molar-refractivity contribution in [3.8, 4) is 11.8 Å². The van der Waals surface area contributed by atoms with Crippen LogP contribution in [0.1, 0.15) is 22.5 Å². The lowest BCUT2D eigenvalue weighted by Gasteiger charge is -2.26. The Bertz CT molecular complexity index is 516. The number of carbonyl (C=O) groups is 1. The summed E-state index contributed by atoms with van der Waals surface area (Å²) < 4.78 is 5.22. The Kier molecular flexibility index (Phi) is 5.50. The van der Waals surface area contributed by atoms with E-state index in [4.69, 9.17) is 9.84 Å². The third kappa shape index (κ3) is 4.03. The molecule has 1 aromatic heterocycles. The number of hydrogen-bond donors (Lipinski definition) is 2. The summed E-state index contributed by atoms with van der Waals surface area (Å²) in [6, 6.07) is 3.47. The van der Waals surface area contributed by atoms with Crippen molar-refractivity contribution in [3.05, 3.63) is 29.6 Å². The standard InChI is InChI=1S/C14H17N3O3/c18-9-2-1-4-12-5-3-6-15-13(12)14(19)16-17-7-10-20-11-8-17/h3,5-6,18H,2,7-11H2,(H,16,19). The molecule has 0 atom stereocenters. The van der Waals surface area contributed by atoms with Crippen LogP contribution in [0.25, 0.3) is 0 Å². The first-order valence-electron chi connectivity index (χ1n) is 6.49. The molecule has 1 fully saturated rings. The van der Waals surface area contributed by atoms with Crippen LogP contribution in [-0.4, -0.2) is 53.9 Å². The van der Waals surface area contributed by atoms with Crippen LogP contribution in [-0.2, 0) is 4.74 Å². The molecule has 6 nitrogen and oxygen atoms in total. The highest BCUT2D eigenvalue weighted by Crippen LogP contribution is 2.04. The smallest absolute Gasteiger partial charge is 0.285 e. The number of aromatic nitrogens is 1. The monoisotopic (exact) mass is 275 g/mol. The van der Waals surface area contributed by atoms with E-state index < -0.39 is 0 Å². The molecular weight excluding hydrogens is 258 g/mol. The van der Waals surface area contributed by atoms with E-state index in [1.807, 2.05) is 5.01 Å². The van der Waals surface area contributed by atoms with Crippen LogP contribution < -0.4 is 5.43 Å². The Balaban J connectivity index is 2.07. The molecule has 2 rings (SSSR count). The van der Waals surface area contributed by atoms with Gasteiger partial charge in [-0.25, -0.2) is 9.99 Å². The number of ether oxygens (including phenoxy) is 1. The average molecular weight is 275 g/mol. The summed E-state index contributed by atoms with van der Waals surface area (Å²) in [5, 5.41) is 10.5. The molecular formula is C14H17N3O3. The minimum Gasteiger partial charge on any atom is -0.395 e. The summed E-state index contributed by atoms with van der Waals surface area (Å²) >= 11 is 0. The predicted molar refractivity (Wildman–Crippen MR) is 72.7 cm³/mol. The quantitative estimate of drug-likeness (QED) is 0.747. The van der Waals surface area contributed by atoms with Crippen molar-refractivity contribution in [2.75, 3.05) is 32.9 Å². The van der Waals surface area contributed by atoms with Crippen LogP contribution in [0.3, 0.4) is 0 Å². The van der Waals surface area contributed by atoms with Crippen molar-refractivity contribution in [2.45, 2.75) is 6.42 Å². The van der Waals surface area contributed by atoms with Gasteiger partial charge >= 0.3 is 0 Å². The van der Waals surface area contributed by atoms with E-state index in [0.29, 0.717) is 44.0 Å². The number of amides is 1. The van der Waals surface area contributed by atoms with Gasteiger partial charge in [-0.3, -0.25) is 10.2 Å². The van der Waals surface area contributed by atoms with Crippen molar-refractivity contribution in [3.63, 3.8) is 0 Å². The van der Waals surface area contributed by atoms with Crippen LogP contribution in [0.5, 0.6) is 0 Å². The maximum absolute atomic E-state index is 12.2. The number of hydrogen-bond acceptors (Lipinski definition) is 5. The van der Waals surface area contributed by atoms with Crippen molar-refractivity contribution >= 4 is 5.91 Å². The minimum absolute atomic E-state index is 0.00255. The van der Waals surface area contributed by atoms with Gasteiger partial charge in [0, 0.05) is 25.7 Å². The first kappa shape index (κ1) is 14.5. The van der Waals surface area contributed by atoms with E-state index in [-0.39, 0.29) is 12.5 Å². The molecule has 1 aliphatic heterocycles. The Morgan fingerprint density at radius 3 is 3.05 bits per heavy atom. The van der Waals surface area contributed by atoms with Gasteiger partial charge in [-0.2, -0.15) is 0 Å². The first-order valence-corrected chi connectivity index (χ1v) is 6.49. The Hall–Kier alpha value is -1.94. The van der Waals surface area contributed by atoms with Crippen LogP contribution in [0.4, 0.5) is 0 Å². The summed E-state index contributed by atoms with van der Waals surface area (Å²) in [6.07, 6.45) is 1.94. The molecule has 6 heteroatoms. The molecule has 0 bridgehead atoms. The van der Waals surface area contributed by atoms with Gasteiger partial charge in [0.25, 0.3) is 5.91 Å². The van der Waals surface area contributed by atoms with Gasteiger partial charge in [0.15, 0.2) is 0 Å². The number of aliphatic hydroxyl groups is 1. The van der Waals surface area contributed by atoms with Gasteiger partial charge in [-0.05, 0) is 12.1 Å². The topological polar surface area (TPSA) is 74.7 Å². The first-order chi connectivity index (χ1) is 9.81. The normalized spacial score (nSPS) is 15.2. The minimum atomic E-state index is -0.277. The number of rotatable bonds is 3. The lowest BCUT2D eigenvalue weighted by molar-refractivity contribution is 0.0124. The lowest BCUT2D eigenvalue weighted by atomic mass is 10.2. The summed E-state index contributed by atoms with van der Waals surface area (Å²) in [5.41, 5.74) is 3.66. The molecule has 1 aromatic rings. The van der Waals surface area contributed by atoms with Crippen LogP contribution in [0, 0.1) is 11.8 Å². The van der Waals surface area contributed by atoms with Gasteiger partial charge in [-0.1, -0.05) is 11.8 Å². The third-order valence-corrected chi connectivity index (χ3v) is 2.75. The maximum Gasteiger partial charge on any atom is 0.285 e. The fraction of sp³-hybridized carbons (Fsp3) is 0.429. The largest absolute Gasteiger partial charge is 0.395 e. The molecule has 0 aromatic carbocycles. The number of nitrogens with zero attached hydrogens (tertiary/aromatic N) is 2. The highest BCUT2D eigenvalue weighted by atomic mass is 16.5. The fourth-order valence-corrected chi connectivity index (χ4v) is 1.77. The van der Waals surface area contributed by atoms with E-state index in [1.54, 1.807) is 18.3 Å². The number of morpholine rings is 1. The lowest BCUT2D eigenvalue weighted by Crippen LogP contribution is -2.48. The zero-order valence-electron chi connectivity index (χ0n) is 11.1. The summed E-state index contributed by atoms with van der Waals surface area (Å²) in [6.45, 7) is 2.52. The van der Waals surface area contributed by atoms with Gasteiger partial charge < -0.3 is 9.84 Å². The SMILES string of the molecule is O=C(NN1CCOCC1)c1ncccc1C#CCCO. The van der Waals surface area contributed by atoms with Crippen LogP contribution in [0.15, 0.2) is 18.3 Å². The van der Waals surface area contributed by atoms with Crippen LogP contribution >= 0.6 is 0 Å². The van der Waals surface area contributed by atoms with Crippen molar-refractivity contribution in [1.29, 1.82) is 0 Å². The van der Waals surface area contributed by atoms with E-state index >= 15 is 0 Å². The highest BCUT2D eigenvalue weighted by molar-refractivity contribution is 5.94. The molecule has 106 valence electrons. The molecule has 0 aliphatic carbocycles. The molecule has 2 N–H and O–H groups in total. The van der Waals surface area contributed by atoms with Gasteiger partial charge in [0.05, 0.1) is 25.4 Å². The van der Waals surface area contributed by atoms with Gasteiger partial charge in [-0.15, -0.1) is 0 Å². The molecule has 2 heterocycles. The zero-order valence-corrected chi connectivity index (χ0v) is 11.1. The van der Waals surface area contributed by atoms with E-state index in [1.165, 1.54) is 0 Å². The molecule has 1 aliphatic rings. The van der Waals surface area contributed by atoms with E-state index in [2.05, 4.69) is 22.3 Å². The van der Waals surface area contributed by atoms with E-state index in [0.717, 1.165) is 0 Å². The summed E-state index contributed by atoms with van der Waals surface area (Å²) in [7, 11) is 0. The van der Waals surface area contributed by atoms with Gasteiger partial charge in [0.1, 0.15) is 5.69 Å². The Labute approximate surface area is 117 Å². The molecule has 0 radical (unpaired) electrons. The second kappa shape index (κ2) is 7.60. The molecule has 0 spiro atoms. The third-order valence-electron chi connectivity index (χ3n) is 2.75. The Morgan fingerprint density at radius 1 is 1.50 bits per heavy atom. The van der Waals surface area contributed by atoms with Crippen molar-refractivity contribution in [2.24, 2.45) is 0 Å². The maximum atomic E-state index is 12.2. The molecule has 0 saturated carbocycles. The number of hydrazine groups is 1. The number of nitrogens with one attached hydrogen (secondary N) is 1.